The standard InChI is InChI=1S/C18H13F2N5OS/c1-25-17(12-4-8-14(20)9-5-12)22-23-18(25)27-10-15-21-16(24-26-15)11-2-6-13(19)7-3-11/h2-9H,10H2,1H3. The van der Waals surface area contributed by atoms with Crippen LogP contribution in [-0.4, -0.2) is 24.9 Å². The largest absolute Gasteiger partial charge is 0.338 e. The Hall–Kier alpha value is -3.07. The Kier molecular flexibility index (Phi) is 4.68. The number of halogens is 2. The van der Waals surface area contributed by atoms with E-state index in [-0.39, 0.29) is 11.6 Å². The van der Waals surface area contributed by atoms with E-state index < -0.39 is 0 Å². The van der Waals surface area contributed by atoms with Crippen molar-refractivity contribution in [1.29, 1.82) is 0 Å². The highest BCUT2D eigenvalue weighted by molar-refractivity contribution is 7.98. The lowest BCUT2D eigenvalue weighted by molar-refractivity contribution is 0.391. The third-order valence-electron chi connectivity index (χ3n) is 3.83. The molecule has 0 fully saturated rings. The number of hydrogen-bond donors (Lipinski definition) is 0. The van der Waals surface area contributed by atoms with E-state index in [1.165, 1.54) is 36.0 Å². The monoisotopic (exact) mass is 385 g/mol. The van der Waals surface area contributed by atoms with Crippen molar-refractivity contribution >= 4 is 11.8 Å². The van der Waals surface area contributed by atoms with Crippen molar-refractivity contribution in [3.8, 4) is 22.8 Å². The number of benzene rings is 2. The Morgan fingerprint density at radius 3 is 2.22 bits per heavy atom. The van der Waals surface area contributed by atoms with Crippen molar-refractivity contribution in [1.82, 2.24) is 24.9 Å². The fraction of sp³-hybridized carbons (Fsp3) is 0.111. The summed E-state index contributed by atoms with van der Waals surface area (Å²) >= 11 is 1.39. The van der Waals surface area contributed by atoms with E-state index in [1.54, 1.807) is 24.3 Å². The summed E-state index contributed by atoms with van der Waals surface area (Å²) in [5, 5.41) is 12.9. The van der Waals surface area contributed by atoms with Gasteiger partial charge >= 0.3 is 0 Å². The Labute approximate surface area is 157 Å². The number of thioether (sulfide) groups is 1. The van der Waals surface area contributed by atoms with Crippen LogP contribution >= 0.6 is 11.8 Å². The Morgan fingerprint density at radius 2 is 1.56 bits per heavy atom. The summed E-state index contributed by atoms with van der Waals surface area (Å²) in [6.45, 7) is 0. The van der Waals surface area contributed by atoms with Crippen LogP contribution in [0.15, 0.2) is 58.2 Å². The lowest BCUT2D eigenvalue weighted by atomic mass is 10.2. The van der Waals surface area contributed by atoms with E-state index in [9.17, 15) is 8.78 Å². The number of hydrogen-bond acceptors (Lipinski definition) is 6. The topological polar surface area (TPSA) is 69.6 Å². The van der Waals surface area contributed by atoms with Gasteiger partial charge in [0.2, 0.25) is 11.7 Å². The van der Waals surface area contributed by atoms with Crippen molar-refractivity contribution in [2.75, 3.05) is 0 Å². The molecule has 0 aliphatic carbocycles. The SMILES string of the molecule is Cn1c(SCc2nc(-c3ccc(F)cc3)no2)nnc1-c1ccc(F)cc1. The van der Waals surface area contributed by atoms with Crippen molar-refractivity contribution in [2.45, 2.75) is 10.9 Å². The number of nitrogens with zero attached hydrogens (tertiary/aromatic N) is 5. The van der Waals surface area contributed by atoms with Gasteiger partial charge in [-0.05, 0) is 48.5 Å². The highest BCUT2D eigenvalue weighted by Crippen LogP contribution is 2.26. The second-order valence-electron chi connectivity index (χ2n) is 5.68. The van der Waals surface area contributed by atoms with Gasteiger partial charge in [0.15, 0.2) is 11.0 Å². The van der Waals surface area contributed by atoms with Gasteiger partial charge in [0, 0.05) is 18.2 Å². The first kappa shape index (κ1) is 17.3. The van der Waals surface area contributed by atoms with Gasteiger partial charge in [-0.3, -0.25) is 0 Å². The zero-order valence-corrected chi connectivity index (χ0v) is 15.0. The fourth-order valence-corrected chi connectivity index (χ4v) is 3.20. The highest BCUT2D eigenvalue weighted by Gasteiger charge is 2.14. The molecule has 0 saturated heterocycles. The van der Waals surface area contributed by atoms with E-state index in [4.69, 9.17) is 4.52 Å². The molecule has 2 aromatic heterocycles. The zero-order valence-electron chi connectivity index (χ0n) is 14.1. The summed E-state index contributed by atoms with van der Waals surface area (Å²) in [5.41, 5.74) is 1.45. The predicted octanol–water partition coefficient (Wildman–Crippen LogP) is 4.10. The van der Waals surface area contributed by atoms with Crippen molar-refractivity contribution < 1.29 is 13.3 Å². The molecule has 9 heteroatoms. The first-order valence-corrected chi connectivity index (χ1v) is 8.95. The van der Waals surface area contributed by atoms with Gasteiger partial charge in [0.1, 0.15) is 11.6 Å². The smallest absolute Gasteiger partial charge is 0.237 e. The number of aromatic nitrogens is 5. The molecule has 0 amide bonds. The van der Waals surface area contributed by atoms with Gasteiger partial charge in [0.05, 0.1) is 5.75 Å². The molecule has 4 rings (SSSR count). The minimum absolute atomic E-state index is 0.302. The molecule has 0 saturated carbocycles. The normalized spacial score (nSPS) is 11.1. The van der Waals surface area contributed by atoms with Crippen LogP contribution in [0.2, 0.25) is 0 Å². The molecule has 0 unspecified atom stereocenters. The van der Waals surface area contributed by atoms with Crippen molar-refractivity contribution in [2.24, 2.45) is 7.05 Å². The minimum atomic E-state index is -0.322. The molecular formula is C18H13F2N5OS. The maximum Gasteiger partial charge on any atom is 0.237 e. The molecule has 27 heavy (non-hydrogen) atoms. The van der Waals surface area contributed by atoms with Crippen molar-refractivity contribution in [3.63, 3.8) is 0 Å². The Balaban J connectivity index is 1.46. The summed E-state index contributed by atoms with van der Waals surface area (Å²) in [6, 6.07) is 11.9. The fourth-order valence-electron chi connectivity index (χ4n) is 2.45. The highest BCUT2D eigenvalue weighted by atomic mass is 32.2. The summed E-state index contributed by atoms with van der Waals surface area (Å²) < 4.78 is 33.1. The van der Waals surface area contributed by atoms with Gasteiger partial charge < -0.3 is 9.09 Å². The molecule has 0 atom stereocenters. The summed E-state index contributed by atoms with van der Waals surface area (Å²) in [4.78, 5) is 4.31. The molecular weight excluding hydrogens is 372 g/mol. The maximum atomic E-state index is 13.1. The van der Waals surface area contributed by atoms with E-state index in [0.717, 1.165) is 5.56 Å². The quantitative estimate of drug-likeness (QED) is 0.482. The Bertz CT molecular complexity index is 1060. The predicted molar refractivity (Wildman–Crippen MR) is 95.7 cm³/mol. The van der Waals surface area contributed by atoms with Crippen LogP contribution in [0.25, 0.3) is 22.8 Å². The second kappa shape index (κ2) is 7.28. The van der Waals surface area contributed by atoms with Crippen LogP contribution in [0.3, 0.4) is 0 Å². The molecule has 6 nitrogen and oxygen atoms in total. The first-order chi connectivity index (χ1) is 13.1. The maximum absolute atomic E-state index is 13.1. The van der Waals surface area contributed by atoms with Gasteiger partial charge in [-0.2, -0.15) is 4.98 Å². The molecule has 2 heterocycles. The third-order valence-corrected chi connectivity index (χ3v) is 4.84. The van der Waals surface area contributed by atoms with Crippen molar-refractivity contribution in [3.05, 3.63) is 66.1 Å². The second-order valence-corrected chi connectivity index (χ2v) is 6.62. The average Bonchev–Trinajstić information content (AvgIpc) is 3.28. The summed E-state index contributed by atoms with van der Waals surface area (Å²) in [5.74, 6) is 1.24. The molecule has 0 aliphatic rings. The van der Waals surface area contributed by atoms with Crippen LogP contribution in [0.4, 0.5) is 8.78 Å². The van der Waals surface area contributed by atoms with Crippen LogP contribution in [0.1, 0.15) is 5.89 Å². The molecule has 0 spiro atoms. The molecule has 0 bridgehead atoms. The molecule has 2 aromatic carbocycles. The molecule has 0 radical (unpaired) electrons. The lowest BCUT2D eigenvalue weighted by Crippen LogP contribution is -1.95. The average molecular weight is 385 g/mol. The van der Waals surface area contributed by atoms with E-state index in [2.05, 4.69) is 20.3 Å². The number of rotatable bonds is 5. The third kappa shape index (κ3) is 3.72. The summed E-state index contributed by atoms with van der Waals surface area (Å²) in [7, 11) is 1.83. The minimum Gasteiger partial charge on any atom is -0.338 e. The lowest BCUT2D eigenvalue weighted by Gasteiger charge is -2.02. The van der Waals surface area contributed by atoms with E-state index >= 15 is 0 Å². The molecule has 4 aromatic rings. The Morgan fingerprint density at radius 1 is 0.926 bits per heavy atom. The summed E-state index contributed by atoms with van der Waals surface area (Å²) in [6.07, 6.45) is 0. The zero-order chi connectivity index (χ0) is 18.8. The molecule has 136 valence electrons. The van der Waals surface area contributed by atoms with E-state index in [1.807, 2.05) is 11.6 Å². The van der Waals surface area contributed by atoms with Gasteiger partial charge in [-0.1, -0.05) is 16.9 Å². The first-order valence-electron chi connectivity index (χ1n) is 7.97. The van der Waals surface area contributed by atoms with Gasteiger partial charge in [-0.15, -0.1) is 10.2 Å². The van der Waals surface area contributed by atoms with Crippen LogP contribution in [0, 0.1) is 11.6 Å². The van der Waals surface area contributed by atoms with Gasteiger partial charge in [0.25, 0.3) is 0 Å². The van der Waals surface area contributed by atoms with Gasteiger partial charge in [-0.25, -0.2) is 8.78 Å². The van der Waals surface area contributed by atoms with Crippen LogP contribution < -0.4 is 0 Å². The van der Waals surface area contributed by atoms with E-state index in [0.29, 0.717) is 34.0 Å². The van der Waals surface area contributed by atoms with Crippen LogP contribution in [-0.2, 0) is 12.8 Å². The molecule has 0 N–H and O–H groups in total. The van der Waals surface area contributed by atoms with Crippen LogP contribution in [0.5, 0.6) is 0 Å². The molecule has 0 aliphatic heterocycles.